The lowest BCUT2D eigenvalue weighted by Crippen LogP contribution is -2.27. The zero-order chi connectivity index (χ0) is 28.9. The molecule has 0 fully saturated rings. The highest BCUT2D eigenvalue weighted by Crippen LogP contribution is 2.28. The number of carbonyl (C=O) groups is 1. The van der Waals surface area contributed by atoms with Crippen LogP contribution in [0.3, 0.4) is 0 Å². The van der Waals surface area contributed by atoms with E-state index in [0.717, 1.165) is 11.8 Å². The molecule has 0 saturated heterocycles. The van der Waals surface area contributed by atoms with Crippen molar-refractivity contribution in [1.82, 2.24) is 19.7 Å². The number of nitrogens with two attached hydrogens (primary N) is 2. The number of hydrogen-bond acceptors (Lipinski definition) is 9. The van der Waals surface area contributed by atoms with E-state index in [9.17, 15) is 18.0 Å². The largest absolute Gasteiger partial charge is 0.573 e. The summed E-state index contributed by atoms with van der Waals surface area (Å²) < 4.78 is 44.4. The number of nitrogens with one attached hydrogen (secondary N) is 2. The van der Waals surface area contributed by atoms with Gasteiger partial charge >= 0.3 is 6.36 Å². The van der Waals surface area contributed by atoms with E-state index < -0.39 is 18.0 Å². The van der Waals surface area contributed by atoms with Gasteiger partial charge in [0, 0.05) is 54.9 Å². The molecule has 11 nitrogen and oxygen atoms in total. The molecule has 39 heavy (non-hydrogen) atoms. The van der Waals surface area contributed by atoms with Gasteiger partial charge in [-0.25, -0.2) is 5.84 Å². The maximum Gasteiger partial charge on any atom is 0.573 e. The number of carbonyl (C=O) groups excluding carboxylic acids is 1. The SMILES string of the molecule is Cc1ncc(NC(=O)c2cc(NCCN(C)C)cc(OC(F)(F)F)c2)cc1N(N)/C=C(\N)c1cnn(C)c1C. The molecule has 2 heterocycles. The lowest BCUT2D eigenvalue weighted by Gasteiger charge is -2.18. The molecule has 0 aliphatic rings. The van der Waals surface area contributed by atoms with E-state index in [-0.39, 0.29) is 11.3 Å². The van der Waals surface area contributed by atoms with Crippen LogP contribution in [0.5, 0.6) is 5.75 Å². The average molecular weight is 548 g/mol. The Hall–Kier alpha value is -4.30. The van der Waals surface area contributed by atoms with Crippen LogP contribution in [0.25, 0.3) is 5.70 Å². The number of aryl methyl sites for hydroxylation is 2. The molecule has 3 rings (SSSR count). The number of alkyl halides is 3. The topological polar surface area (TPSA) is 140 Å². The maximum absolute atomic E-state index is 13.0. The van der Waals surface area contributed by atoms with Gasteiger partial charge in [0.05, 0.1) is 35.2 Å². The quantitative estimate of drug-likeness (QED) is 0.223. The summed E-state index contributed by atoms with van der Waals surface area (Å²) in [6, 6.07) is 5.20. The summed E-state index contributed by atoms with van der Waals surface area (Å²) >= 11 is 0. The summed E-state index contributed by atoms with van der Waals surface area (Å²) in [6.45, 7) is 4.66. The van der Waals surface area contributed by atoms with Gasteiger partial charge in [-0.05, 0) is 46.1 Å². The normalized spacial score (nSPS) is 12.0. The van der Waals surface area contributed by atoms with Crippen LogP contribution in [0, 0.1) is 13.8 Å². The Kier molecular flexibility index (Phi) is 9.04. The molecule has 0 unspecified atom stereocenters. The molecule has 14 heteroatoms. The first-order valence-corrected chi connectivity index (χ1v) is 11.8. The molecule has 1 aromatic carbocycles. The number of nitrogens with zero attached hydrogens (tertiary/aromatic N) is 5. The van der Waals surface area contributed by atoms with Gasteiger partial charge in [-0.2, -0.15) is 5.10 Å². The summed E-state index contributed by atoms with van der Waals surface area (Å²) in [6.07, 6.45) is -0.379. The molecule has 0 saturated carbocycles. The highest BCUT2D eigenvalue weighted by Gasteiger charge is 2.31. The number of amides is 1. The van der Waals surface area contributed by atoms with Gasteiger partial charge in [0.15, 0.2) is 0 Å². The van der Waals surface area contributed by atoms with Crippen molar-refractivity contribution >= 4 is 28.7 Å². The molecule has 0 spiro atoms. The highest BCUT2D eigenvalue weighted by atomic mass is 19.4. The predicted octanol–water partition coefficient (Wildman–Crippen LogP) is 3.19. The van der Waals surface area contributed by atoms with Crippen LogP contribution in [0.15, 0.2) is 42.9 Å². The summed E-state index contributed by atoms with van der Waals surface area (Å²) in [5.41, 5.74) is 9.64. The first-order valence-electron chi connectivity index (χ1n) is 11.8. The second-order valence-corrected chi connectivity index (χ2v) is 9.07. The number of rotatable bonds is 10. The van der Waals surface area contributed by atoms with Crippen molar-refractivity contribution in [2.45, 2.75) is 20.2 Å². The summed E-state index contributed by atoms with van der Waals surface area (Å²) in [7, 11) is 5.51. The van der Waals surface area contributed by atoms with Gasteiger partial charge in [-0.15, -0.1) is 13.2 Å². The summed E-state index contributed by atoms with van der Waals surface area (Å²) in [4.78, 5) is 19.2. The standard InChI is InChI=1S/C25H32F3N9O2/c1-15-23(37(30)14-22(29)21-13-33-36(5)16(21)2)11-19(12-32-15)34-24(38)17-8-18(31-6-7-35(3)4)10-20(9-17)39-25(26,27)28/h8-14,31H,6-7,29-30H2,1-5H3,(H,34,38)/b22-14-. The maximum atomic E-state index is 13.0. The summed E-state index contributed by atoms with van der Waals surface area (Å²) in [5.74, 6) is 5.04. The number of benzene rings is 1. The molecular weight excluding hydrogens is 515 g/mol. The molecular formula is C25H32F3N9O2. The van der Waals surface area contributed by atoms with Gasteiger partial charge in [0.25, 0.3) is 5.91 Å². The monoisotopic (exact) mass is 547 g/mol. The van der Waals surface area contributed by atoms with E-state index in [1.165, 1.54) is 29.5 Å². The zero-order valence-electron chi connectivity index (χ0n) is 22.3. The second kappa shape index (κ2) is 12.0. The van der Waals surface area contributed by atoms with Crippen molar-refractivity contribution in [3.05, 3.63) is 65.4 Å². The minimum atomic E-state index is -4.92. The molecule has 210 valence electrons. The van der Waals surface area contributed by atoms with Gasteiger partial charge < -0.3 is 26.0 Å². The van der Waals surface area contributed by atoms with Crippen LogP contribution in [0.1, 0.15) is 27.3 Å². The zero-order valence-corrected chi connectivity index (χ0v) is 22.3. The fourth-order valence-electron chi connectivity index (χ4n) is 3.57. The predicted molar refractivity (Wildman–Crippen MR) is 144 cm³/mol. The summed E-state index contributed by atoms with van der Waals surface area (Å²) in [5, 5.41) is 11.1. The van der Waals surface area contributed by atoms with E-state index in [1.807, 2.05) is 25.9 Å². The number of ether oxygens (including phenoxy) is 1. The Balaban J connectivity index is 1.84. The number of aromatic nitrogens is 3. The average Bonchev–Trinajstić information content (AvgIpc) is 3.16. The van der Waals surface area contributed by atoms with Crippen molar-refractivity contribution in [3.63, 3.8) is 0 Å². The van der Waals surface area contributed by atoms with Crippen LogP contribution in [-0.4, -0.2) is 59.1 Å². The number of likely N-dealkylation sites (N-methyl/N-ethyl adjacent to an activating group) is 1. The van der Waals surface area contributed by atoms with Gasteiger partial charge in [-0.1, -0.05) is 0 Å². The van der Waals surface area contributed by atoms with Crippen molar-refractivity contribution in [2.24, 2.45) is 18.6 Å². The molecule has 3 aromatic rings. The first kappa shape index (κ1) is 29.3. The van der Waals surface area contributed by atoms with Crippen molar-refractivity contribution in [3.8, 4) is 5.75 Å². The lowest BCUT2D eigenvalue weighted by molar-refractivity contribution is -0.274. The van der Waals surface area contributed by atoms with Crippen molar-refractivity contribution < 1.29 is 22.7 Å². The number of pyridine rings is 1. The Morgan fingerprint density at radius 2 is 1.87 bits per heavy atom. The molecule has 0 aliphatic heterocycles. The second-order valence-electron chi connectivity index (χ2n) is 9.07. The van der Waals surface area contributed by atoms with Crippen LogP contribution in [0.4, 0.5) is 30.2 Å². The van der Waals surface area contributed by atoms with Crippen molar-refractivity contribution in [2.75, 3.05) is 42.8 Å². The lowest BCUT2D eigenvalue weighted by atomic mass is 10.1. The first-order chi connectivity index (χ1) is 18.2. The highest BCUT2D eigenvalue weighted by molar-refractivity contribution is 6.05. The van der Waals surface area contributed by atoms with Gasteiger partial charge in [0.1, 0.15) is 5.75 Å². The van der Waals surface area contributed by atoms with E-state index in [4.69, 9.17) is 11.6 Å². The van der Waals surface area contributed by atoms with Crippen LogP contribution in [-0.2, 0) is 7.05 Å². The third kappa shape index (κ3) is 8.09. The number of hydrazine groups is 1. The van der Waals surface area contributed by atoms with Crippen LogP contribution < -0.4 is 32.0 Å². The Labute approximate surface area is 224 Å². The fourth-order valence-corrected chi connectivity index (χ4v) is 3.57. The molecule has 6 N–H and O–H groups in total. The third-order valence-corrected chi connectivity index (χ3v) is 5.71. The van der Waals surface area contributed by atoms with Gasteiger partial charge in [-0.3, -0.25) is 19.5 Å². The van der Waals surface area contributed by atoms with Crippen LogP contribution >= 0.6 is 0 Å². The Morgan fingerprint density at radius 1 is 1.15 bits per heavy atom. The molecule has 0 radical (unpaired) electrons. The molecule has 1 amide bonds. The van der Waals surface area contributed by atoms with E-state index in [2.05, 4.69) is 25.5 Å². The molecule has 0 atom stereocenters. The number of halogens is 3. The van der Waals surface area contributed by atoms with E-state index in [1.54, 1.807) is 30.9 Å². The van der Waals surface area contributed by atoms with Crippen LogP contribution in [0.2, 0.25) is 0 Å². The minimum absolute atomic E-state index is 0.0491. The minimum Gasteiger partial charge on any atom is -0.406 e. The van der Waals surface area contributed by atoms with E-state index in [0.29, 0.717) is 41.4 Å². The Morgan fingerprint density at radius 3 is 2.49 bits per heavy atom. The Bertz CT molecular complexity index is 1350. The smallest absolute Gasteiger partial charge is 0.406 e. The number of hydrogen-bond donors (Lipinski definition) is 4. The van der Waals surface area contributed by atoms with E-state index >= 15 is 0 Å². The number of anilines is 3. The molecule has 0 aliphatic carbocycles. The van der Waals surface area contributed by atoms with Gasteiger partial charge in [0.2, 0.25) is 0 Å². The molecule has 2 aromatic heterocycles. The fraction of sp³-hybridized carbons (Fsp3) is 0.320. The van der Waals surface area contributed by atoms with Crippen molar-refractivity contribution in [1.29, 1.82) is 0 Å². The third-order valence-electron chi connectivity index (χ3n) is 5.71. The molecule has 0 bridgehead atoms.